The van der Waals surface area contributed by atoms with Crippen molar-refractivity contribution < 1.29 is 9.53 Å². The average Bonchev–Trinajstić information content (AvgIpc) is 2.35. The molecule has 0 amide bonds. The Labute approximate surface area is 100 Å². The standard InChI is InChI=1S/C15H14O2/c1-9-10(2)17-15(16)14-12(9)8-7-11-5-3-4-6-13(11)14/h3-10H,1-2H3/t9-,10-/m1/s1. The maximum atomic E-state index is 12.0. The molecule has 1 aliphatic heterocycles. The number of fused-ring (bicyclic) bond motifs is 3. The Morgan fingerprint density at radius 2 is 1.82 bits per heavy atom. The summed E-state index contributed by atoms with van der Waals surface area (Å²) in [6.07, 6.45) is -0.0452. The lowest BCUT2D eigenvalue weighted by Crippen LogP contribution is -2.28. The zero-order valence-electron chi connectivity index (χ0n) is 9.94. The summed E-state index contributed by atoms with van der Waals surface area (Å²) >= 11 is 0. The van der Waals surface area contributed by atoms with Gasteiger partial charge in [-0.05, 0) is 23.3 Å². The molecule has 0 fully saturated rings. The molecule has 0 N–H and O–H groups in total. The van der Waals surface area contributed by atoms with Crippen molar-refractivity contribution in [1.29, 1.82) is 0 Å². The smallest absolute Gasteiger partial charge is 0.339 e. The summed E-state index contributed by atoms with van der Waals surface area (Å²) < 4.78 is 5.39. The highest BCUT2D eigenvalue weighted by molar-refractivity contribution is 6.06. The molecule has 0 spiro atoms. The first-order valence-corrected chi connectivity index (χ1v) is 5.91. The minimum Gasteiger partial charge on any atom is -0.458 e. The topological polar surface area (TPSA) is 26.3 Å². The van der Waals surface area contributed by atoms with Crippen LogP contribution in [0, 0.1) is 0 Å². The molecule has 17 heavy (non-hydrogen) atoms. The largest absolute Gasteiger partial charge is 0.458 e. The Bertz CT molecular complexity index is 601. The average molecular weight is 226 g/mol. The van der Waals surface area contributed by atoms with E-state index in [1.165, 1.54) is 0 Å². The van der Waals surface area contributed by atoms with E-state index >= 15 is 0 Å². The Morgan fingerprint density at radius 3 is 2.65 bits per heavy atom. The van der Waals surface area contributed by atoms with Crippen molar-refractivity contribution in [2.45, 2.75) is 25.9 Å². The van der Waals surface area contributed by atoms with Gasteiger partial charge < -0.3 is 4.74 Å². The Kier molecular flexibility index (Phi) is 2.18. The van der Waals surface area contributed by atoms with E-state index < -0.39 is 0 Å². The van der Waals surface area contributed by atoms with E-state index in [1.807, 2.05) is 31.2 Å². The molecule has 3 rings (SSSR count). The van der Waals surface area contributed by atoms with E-state index in [0.717, 1.165) is 21.9 Å². The second-order valence-electron chi connectivity index (χ2n) is 4.65. The van der Waals surface area contributed by atoms with E-state index in [0.29, 0.717) is 0 Å². The van der Waals surface area contributed by atoms with Crippen LogP contribution in [0.1, 0.15) is 35.7 Å². The van der Waals surface area contributed by atoms with Crippen LogP contribution >= 0.6 is 0 Å². The number of carbonyl (C=O) groups is 1. The SMILES string of the molecule is C[C@H]1OC(=O)c2c(ccc3ccccc23)[C@@H]1C. The van der Waals surface area contributed by atoms with Crippen molar-refractivity contribution in [3.63, 3.8) is 0 Å². The van der Waals surface area contributed by atoms with E-state index in [2.05, 4.69) is 19.1 Å². The number of hydrogen-bond donors (Lipinski definition) is 0. The molecule has 0 unspecified atom stereocenters. The fourth-order valence-corrected chi connectivity index (χ4v) is 2.48. The van der Waals surface area contributed by atoms with Gasteiger partial charge in [-0.25, -0.2) is 4.79 Å². The number of benzene rings is 2. The molecule has 2 aromatic carbocycles. The molecule has 2 heteroatoms. The van der Waals surface area contributed by atoms with Gasteiger partial charge in [0, 0.05) is 5.92 Å². The van der Waals surface area contributed by atoms with Gasteiger partial charge in [-0.15, -0.1) is 0 Å². The minimum absolute atomic E-state index is 0.0452. The first kappa shape index (κ1) is 10.3. The van der Waals surface area contributed by atoms with Crippen molar-refractivity contribution >= 4 is 16.7 Å². The maximum absolute atomic E-state index is 12.0. The van der Waals surface area contributed by atoms with E-state index in [1.54, 1.807) is 0 Å². The van der Waals surface area contributed by atoms with E-state index in [4.69, 9.17) is 4.74 Å². The maximum Gasteiger partial charge on any atom is 0.339 e. The van der Waals surface area contributed by atoms with Gasteiger partial charge in [0.05, 0.1) is 5.56 Å². The Hall–Kier alpha value is -1.83. The normalized spacial score (nSPS) is 23.3. The van der Waals surface area contributed by atoms with Crippen molar-refractivity contribution in [3.05, 3.63) is 47.5 Å². The summed E-state index contributed by atoms with van der Waals surface area (Å²) in [5.74, 6) is 0.0645. The molecule has 2 atom stereocenters. The fraction of sp³-hybridized carbons (Fsp3) is 0.267. The van der Waals surface area contributed by atoms with Crippen LogP contribution in [0.2, 0.25) is 0 Å². The highest BCUT2D eigenvalue weighted by Gasteiger charge is 2.31. The fourth-order valence-electron chi connectivity index (χ4n) is 2.48. The predicted octanol–water partition coefficient (Wildman–Crippen LogP) is 3.50. The van der Waals surface area contributed by atoms with Gasteiger partial charge in [0.15, 0.2) is 0 Å². The zero-order valence-corrected chi connectivity index (χ0v) is 9.94. The van der Waals surface area contributed by atoms with Crippen molar-refractivity contribution in [3.8, 4) is 0 Å². The van der Waals surface area contributed by atoms with Crippen molar-refractivity contribution in [1.82, 2.24) is 0 Å². The molecule has 2 aromatic rings. The van der Waals surface area contributed by atoms with Crippen LogP contribution in [0.4, 0.5) is 0 Å². The molecule has 1 aliphatic rings. The molecule has 0 bridgehead atoms. The summed E-state index contributed by atoms with van der Waals surface area (Å²) in [6, 6.07) is 12.1. The van der Waals surface area contributed by atoms with Crippen LogP contribution < -0.4 is 0 Å². The van der Waals surface area contributed by atoms with Gasteiger partial charge in [-0.3, -0.25) is 0 Å². The third-order valence-electron chi connectivity index (χ3n) is 3.65. The number of esters is 1. The molecule has 0 aliphatic carbocycles. The second-order valence-corrected chi connectivity index (χ2v) is 4.65. The van der Waals surface area contributed by atoms with Gasteiger partial charge >= 0.3 is 5.97 Å². The van der Waals surface area contributed by atoms with Gasteiger partial charge in [-0.2, -0.15) is 0 Å². The molecule has 0 aromatic heterocycles. The van der Waals surface area contributed by atoms with Crippen LogP contribution in [0.5, 0.6) is 0 Å². The molecule has 0 saturated carbocycles. The summed E-state index contributed by atoms with van der Waals surface area (Å²) in [6.45, 7) is 4.05. The van der Waals surface area contributed by atoms with Gasteiger partial charge in [0.2, 0.25) is 0 Å². The zero-order chi connectivity index (χ0) is 12.0. The summed E-state index contributed by atoms with van der Waals surface area (Å²) in [7, 11) is 0. The predicted molar refractivity (Wildman–Crippen MR) is 67.2 cm³/mol. The lowest BCUT2D eigenvalue weighted by atomic mass is 9.86. The molecule has 2 nitrogen and oxygen atoms in total. The molecule has 1 heterocycles. The van der Waals surface area contributed by atoms with Crippen LogP contribution in [-0.2, 0) is 4.74 Å². The molecule has 0 saturated heterocycles. The molecule has 86 valence electrons. The lowest BCUT2D eigenvalue weighted by Gasteiger charge is -2.29. The third-order valence-corrected chi connectivity index (χ3v) is 3.65. The van der Waals surface area contributed by atoms with Gasteiger partial charge in [-0.1, -0.05) is 43.3 Å². The molecule has 0 radical (unpaired) electrons. The number of rotatable bonds is 0. The van der Waals surface area contributed by atoms with Crippen molar-refractivity contribution in [2.75, 3.05) is 0 Å². The summed E-state index contributed by atoms with van der Waals surface area (Å²) in [5.41, 5.74) is 1.85. The molecular formula is C15H14O2. The minimum atomic E-state index is -0.192. The first-order valence-electron chi connectivity index (χ1n) is 5.91. The van der Waals surface area contributed by atoms with Gasteiger partial charge in [0.1, 0.15) is 6.10 Å². The molecular weight excluding hydrogens is 212 g/mol. The number of hydrogen-bond acceptors (Lipinski definition) is 2. The van der Waals surface area contributed by atoms with Crippen molar-refractivity contribution in [2.24, 2.45) is 0 Å². The van der Waals surface area contributed by atoms with Crippen LogP contribution in [0.3, 0.4) is 0 Å². The van der Waals surface area contributed by atoms with Crippen LogP contribution in [0.25, 0.3) is 10.8 Å². The van der Waals surface area contributed by atoms with Crippen LogP contribution in [0.15, 0.2) is 36.4 Å². The number of carbonyl (C=O) groups excluding carboxylic acids is 1. The number of ether oxygens (including phenoxy) is 1. The van der Waals surface area contributed by atoms with E-state index in [-0.39, 0.29) is 18.0 Å². The number of cyclic esters (lactones) is 1. The van der Waals surface area contributed by atoms with Gasteiger partial charge in [0.25, 0.3) is 0 Å². The summed E-state index contributed by atoms with van der Waals surface area (Å²) in [4.78, 5) is 12.0. The monoisotopic (exact) mass is 226 g/mol. The Morgan fingerprint density at radius 1 is 1.06 bits per heavy atom. The van der Waals surface area contributed by atoms with Crippen LogP contribution in [-0.4, -0.2) is 12.1 Å². The highest BCUT2D eigenvalue weighted by Crippen LogP contribution is 2.35. The Balaban J connectivity index is 2.36. The third kappa shape index (κ3) is 1.44. The quantitative estimate of drug-likeness (QED) is 0.643. The highest BCUT2D eigenvalue weighted by atomic mass is 16.5. The summed E-state index contributed by atoms with van der Waals surface area (Å²) in [5, 5.41) is 2.08. The second kappa shape index (κ2) is 3.59. The lowest BCUT2D eigenvalue weighted by molar-refractivity contribution is 0.0244. The first-order chi connectivity index (χ1) is 8.18. The van der Waals surface area contributed by atoms with E-state index in [9.17, 15) is 4.79 Å².